The molecule has 5 heterocycles. The van der Waals surface area contributed by atoms with E-state index < -0.39 is 0 Å². The van der Waals surface area contributed by atoms with Gasteiger partial charge < -0.3 is 16.0 Å². The molecule has 2 aromatic carbocycles. The van der Waals surface area contributed by atoms with Gasteiger partial charge in [0.1, 0.15) is 11.3 Å². The molecule has 1 amide bonds. The van der Waals surface area contributed by atoms with E-state index in [0.717, 1.165) is 66.8 Å². The van der Waals surface area contributed by atoms with Gasteiger partial charge in [-0.05, 0) is 91.4 Å². The molecule has 45 heavy (non-hydrogen) atoms. The van der Waals surface area contributed by atoms with Crippen LogP contribution in [0.1, 0.15) is 46.8 Å². The maximum Gasteiger partial charge on any atom is 0.253 e. The van der Waals surface area contributed by atoms with E-state index >= 15 is 0 Å². The van der Waals surface area contributed by atoms with Gasteiger partial charge >= 0.3 is 0 Å². The minimum Gasteiger partial charge on any atom is -0.383 e. The molecule has 0 spiro atoms. The van der Waals surface area contributed by atoms with Crippen molar-refractivity contribution in [3.8, 4) is 22.9 Å². The Bertz CT molecular complexity index is 1990. The lowest BCUT2D eigenvalue weighted by atomic mass is 10.0. The SMILES string of the molecule is Nc1ncccc1-c1nc2ccc(-n3cccn3)nc2n1-c1ccc2c(c1)CC[C@@H]2NC1CCN(C(=O)c2ccccc2)CC1. The number of piperidine rings is 1. The van der Waals surface area contributed by atoms with E-state index in [1.54, 1.807) is 17.1 Å². The summed E-state index contributed by atoms with van der Waals surface area (Å²) in [5.74, 6) is 1.95. The van der Waals surface area contributed by atoms with Crippen molar-refractivity contribution in [3.63, 3.8) is 0 Å². The van der Waals surface area contributed by atoms with Crippen molar-refractivity contribution in [2.24, 2.45) is 0 Å². The van der Waals surface area contributed by atoms with Gasteiger partial charge in [0.05, 0.1) is 5.56 Å². The molecule has 4 aromatic heterocycles. The Morgan fingerprint density at radius 2 is 1.76 bits per heavy atom. The van der Waals surface area contributed by atoms with Crippen LogP contribution in [0.2, 0.25) is 0 Å². The number of pyridine rings is 2. The minimum absolute atomic E-state index is 0.124. The number of hydrogen-bond donors (Lipinski definition) is 2. The summed E-state index contributed by atoms with van der Waals surface area (Å²) >= 11 is 0. The second kappa shape index (κ2) is 11.3. The average molecular weight is 596 g/mol. The van der Waals surface area contributed by atoms with Crippen LogP contribution in [0.4, 0.5) is 5.82 Å². The molecule has 1 aliphatic heterocycles. The van der Waals surface area contributed by atoms with Crippen LogP contribution in [0, 0.1) is 0 Å². The van der Waals surface area contributed by atoms with Gasteiger partial charge in [-0.15, -0.1) is 0 Å². The minimum atomic E-state index is 0.124. The molecule has 10 heteroatoms. The normalized spacial score (nSPS) is 16.7. The Morgan fingerprint density at radius 3 is 2.56 bits per heavy atom. The highest BCUT2D eigenvalue weighted by molar-refractivity contribution is 5.94. The fourth-order valence-electron chi connectivity index (χ4n) is 6.72. The summed E-state index contributed by atoms with van der Waals surface area (Å²) in [6, 6.07) is 26.5. The quantitative estimate of drug-likeness (QED) is 0.274. The highest BCUT2D eigenvalue weighted by Crippen LogP contribution is 2.36. The maximum absolute atomic E-state index is 12.9. The first-order valence-corrected chi connectivity index (χ1v) is 15.5. The number of fused-ring (bicyclic) bond motifs is 2. The number of nitrogens with one attached hydrogen (secondary N) is 1. The van der Waals surface area contributed by atoms with E-state index in [0.29, 0.717) is 23.5 Å². The first kappa shape index (κ1) is 27.2. The van der Waals surface area contributed by atoms with Crippen molar-refractivity contribution in [2.75, 3.05) is 18.8 Å². The van der Waals surface area contributed by atoms with Crippen molar-refractivity contribution in [2.45, 2.75) is 37.8 Å². The number of nitrogens with zero attached hydrogens (tertiary/aromatic N) is 7. The number of nitrogen functional groups attached to an aromatic ring is 1. The molecular weight excluding hydrogens is 562 g/mol. The fourth-order valence-corrected chi connectivity index (χ4v) is 6.72. The summed E-state index contributed by atoms with van der Waals surface area (Å²) in [6.07, 6.45) is 9.22. The molecule has 1 aliphatic carbocycles. The Labute approximate surface area is 260 Å². The summed E-state index contributed by atoms with van der Waals surface area (Å²) in [4.78, 5) is 29.2. The average Bonchev–Trinajstić information content (AvgIpc) is 3.84. The molecule has 1 fully saturated rings. The van der Waals surface area contributed by atoms with Gasteiger partial charge in [0.2, 0.25) is 0 Å². The number of likely N-dealkylation sites (tertiary alicyclic amines) is 1. The molecule has 1 saturated heterocycles. The lowest BCUT2D eigenvalue weighted by molar-refractivity contribution is 0.0701. The van der Waals surface area contributed by atoms with E-state index in [2.05, 4.69) is 38.2 Å². The summed E-state index contributed by atoms with van der Waals surface area (Å²) in [5.41, 5.74) is 13.0. The molecule has 0 unspecified atom stereocenters. The molecule has 0 saturated carbocycles. The number of anilines is 1. The number of benzene rings is 2. The number of nitrogens with two attached hydrogens (primary N) is 1. The number of hydrogen-bond acceptors (Lipinski definition) is 7. The lowest BCUT2D eigenvalue weighted by Crippen LogP contribution is -2.45. The molecule has 0 bridgehead atoms. The topological polar surface area (TPSA) is 120 Å². The van der Waals surface area contributed by atoms with Crippen LogP contribution in [-0.4, -0.2) is 59.2 Å². The number of rotatable bonds is 6. The molecular formula is C35H33N9O. The van der Waals surface area contributed by atoms with Crippen molar-refractivity contribution in [1.29, 1.82) is 0 Å². The van der Waals surface area contributed by atoms with Crippen LogP contribution >= 0.6 is 0 Å². The molecule has 6 aromatic rings. The van der Waals surface area contributed by atoms with Crippen LogP contribution in [0.25, 0.3) is 34.1 Å². The van der Waals surface area contributed by atoms with Gasteiger partial charge in [0, 0.05) is 55.0 Å². The zero-order valence-corrected chi connectivity index (χ0v) is 24.8. The second-order valence-electron chi connectivity index (χ2n) is 11.7. The molecule has 2 aliphatic rings. The van der Waals surface area contributed by atoms with Crippen LogP contribution in [0.5, 0.6) is 0 Å². The van der Waals surface area contributed by atoms with E-state index in [-0.39, 0.29) is 11.9 Å². The largest absolute Gasteiger partial charge is 0.383 e. The van der Waals surface area contributed by atoms with Crippen molar-refractivity contribution in [1.82, 2.24) is 39.5 Å². The van der Waals surface area contributed by atoms with Gasteiger partial charge in [-0.25, -0.2) is 19.6 Å². The van der Waals surface area contributed by atoms with Crippen LogP contribution in [0.15, 0.2) is 97.5 Å². The number of imidazole rings is 1. The molecule has 0 radical (unpaired) electrons. The summed E-state index contributed by atoms with van der Waals surface area (Å²) < 4.78 is 3.83. The Morgan fingerprint density at radius 1 is 0.889 bits per heavy atom. The van der Waals surface area contributed by atoms with Crippen molar-refractivity contribution >= 4 is 22.9 Å². The highest BCUT2D eigenvalue weighted by Gasteiger charge is 2.29. The standard InChI is InChI=1S/C35H33N9O/c36-32-28(8-4-17-37-32)33-40-30-13-14-31(43-19-5-18-38-43)41-34(30)44(33)26-10-11-27-24(22-26)9-12-29(27)39-25-15-20-42(21-16-25)35(45)23-6-2-1-3-7-23/h1-8,10-11,13-14,17-19,22,25,29,39H,9,12,15-16,20-21H2,(H2,36,37)/t29-/m0/s1. The van der Waals surface area contributed by atoms with E-state index in [4.69, 9.17) is 15.7 Å². The number of carbonyl (C=O) groups is 1. The fraction of sp³-hybridized carbons (Fsp3) is 0.229. The zero-order valence-electron chi connectivity index (χ0n) is 24.8. The third-order valence-corrected chi connectivity index (χ3v) is 9.01. The number of amides is 1. The Hall–Kier alpha value is -5.35. The van der Waals surface area contributed by atoms with Gasteiger partial charge in [-0.1, -0.05) is 24.3 Å². The number of aromatic nitrogens is 6. The second-order valence-corrected chi connectivity index (χ2v) is 11.7. The summed E-state index contributed by atoms with van der Waals surface area (Å²) in [6.45, 7) is 1.54. The molecule has 3 N–H and O–H groups in total. The highest BCUT2D eigenvalue weighted by atomic mass is 16.2. The van der Waals surface area contributed by atoms with Crippen molar-refractivity contribution < 1.29 is 4.79 Å². The van der Waals surface area contributed by atoms with Gasteiger partial charge in [0.15, 0.2) is 17.3 Å². The Balaban J connectivity index is 1.07. The number of carbonyl (C=O) groups excluding carboxylic acids is 1. The third kappa shape index (κ3) is 5.02. The van der Waals surface area contributed by atoms with Crippen LogP contribution in [0.3, 0.4) is 0 Å². The van der Waals surface area contributed by atoms with Crippen LogP contribution in [-0.2, 0) is 6.42 Å². The van der Waals surface area contributed by atoms with E-state index in [1.807, 2.05) is 71.8 Å². The van der Waals surface area contributed by atoms with Gasteiger partial charge in [0.25, 0.3) is 5.91 Å². The number of aryl methyl sites for hydroxylation is 1. The smallest absolute Gasteiger partial charge is 0.253 e. The molecule has 224 valence electrons. The van der Waals surface area contributed by atoms with E-state index in [1.165, 1.54) is 11.1 Å². The molecule has 1 atom stereocenters. The summed E-state index contributed by atoms with van der Waals surface area (Å²) in [7, 11) is 0. The first-order chi connectivity index (χ1) is 22.1. The maximum atomic E-state index is 12.9. The first-order valence-electron chi connectivity index (χ1n) is 15.5. The van der Waals surface area contributed by atoms with E-state index in [9.17, 15) is 4.79 Å². The third-order valence-electron chi connectivity index (χ3n) is 9.01. The lowest BCUT2D eigenvalue weighted by Gasteiger charge is -2.34. The zero-order chi connectivity index (χ0) is 30.3. The van der Waals surface area contributed by atoms with Crippen molar-refractivity contribution in [3.05, 3.63) is 114 Å². The van der Waals surface area contributed by atoms with Gasteiger partial charge in [-0.3, -0.25) is 9.36 Å². The molecule has 10 nitrogen and oxygen atoms in total. The summed E-state index contributed by atoms with van der Waals surface area (Å²) in [5, 5.41) is 8.29. The Kier molecular flexibility index (Phi) is 6.83. The van der Waals surface area contributed by atoms with Crippen LogP contribution < -0.4 is 11.1 Å². The van der Waals surface area contributed by atoms with Gasteiger partial charge in [-0.2, -0.15) is 5.10 Å². The predicted molar refractivity (Wildman–Crippen MR) is 173 cm³/mol. The molecule has 8 rings (SSSR count). The predicted octanol–water partition coefficient (Wildman–Crippen LogP) is 5.13. The monoisotopic (exact) mass is 595 g/mol.